The van der Waals surface area contributed by atoms with Gasteiger partial charge < -0.3 is 10.2 Å². The van der Waals surface area contributed by atoms with E-state index < -0.39 is 0 Å². The molecule has 1 atom stereocenters. The molecule has 0 spiro atoms. The van der Waals surface area contributed by atoms with Crippen molar-refractivity contribution in [1.29, 1.82) is 0 Å². The van der Waals surface area contributed by atoms with Crippen LogP contribution in [0.4, 0.5) is 11.6 Å². The molecule has 2 rings (SSSR count). The number of aromatic nitrogens is 2. The van der Waals surface area contributed by atoms with Crippen LogP contribution in [0.5, 0.6) is 0 Å². The Labute approximate surface area is 116 Å². The maximum absolute atomic E-state index is 4.59. The molecule has 1 N–H and O–H groups in total. The zero-order valence-corrected chi connectivity index (χ0v) is 12.4. The van der Waals surface area contributed by atoms with E-state index in [0.29, 0.717) is 6.04 Å². The van der Waals surface area contributed by atoms with E-state index in [1.165, 1.54) is 37.7 Å². The van der Waals surface area contributed by atoms with Crippen molar-refractivity contribution in [2.45, 2.75) is 58.4 Å². The van der Waals surface area contributed by atoms with Crippen molar-refractivity contribution in [3.05, 3.63) is 11.9 Å². The van der Waals surface area contributed by atoms with Gasteiger partial charge >= 0.3 is 0 Å². The average Bonchev–Trinajstić information content (AvgIpc) is 2.47. The van der Waals surface area contributed by atoms with Crippen LogP contribution in [0.1, 0.15) is 51.5 Å². The minimum Gasteiger partial charge on any atom is -0.373 e. The minimum atomic E-state index is 0.656. The summed E-state index contributed by atoms with van der Waals surface area (Å²) in [5.74, 6) is 2.13. The molecule has 1 unspecified atom stereocenters. The molecule has 0 bridgehead atoms. The SMILES string of the molecule is CCCC1CCCCN1c1ncnc(NC)c1CC. The van der Waals surface area contributed by atoms with Crippen LogP contribution >= 0.6 is 0 Å². The van der Waals surface area contributed by atoms with Gasteiger partial charge in [0.25, 0.3) is 0 Å². The van der Waals surface area contributed by atoms with Gasteiger partial charge in [0.1, 0.15) is 18.0 Å². The van der Waals surface area contributed by atoms with E-state index in [-0.39, 0.29) is 0 Å². The summed E-state index contributed by atoms with van der Waals surface area (Å²) in [6.45, 7) is 5.59. The zero-order valence-electron chi connectivity index (χ0n) is 12.4. The van der Waals surface area contributed by atoms with E-state index in [1.54, 1.807) is 6.33 Å². The lowest BCUT2D eigenvalue weighted by Gasteiger charge is -2.37. The molecule has 0 saturated carbocycles. The van der Waals surface area contributed by atoms with Crippen LogP contribution in [0, 0.1) is 0 Å². The lowest BCUT2D eigenvalue weighted by Crippen LogP contribution is -2.40. The maximum atomic E-state index is 4.59. The third kappa shape index (κ3) is 2.99. The molecule has 0 aliphatic carbocycles. The van der Waals surface area contributed by atoms with Crippen LogP contribution in [0.15, 0.2) is 6.33 Å². The Balaban J connectivity index is 2.32. The van der Waals surface area contributed by atoms with Crippen molar-refractivity contribution in [3.8, 4) is 0 Å². The van der Waals surface area contributed by atoms with Gasteiger partial charge in [0, 0.05) is 25.2 Å². The van der Waals surface area contributed by atoms with E-state index in [4.69, 9.17) is 0 Å². The summed E-state index contributed by atoms with van der Waals surface area (Å²) in [6, 6.07) is 0.656. The lowest BCUT2D eigenvalue weighted by molar-refractivity contribution is 0.431. The molecule has 4 nitrogen and oxygen atoms in total. The number of hydrogen-bond donors (Lipinski definition) is 1. The predicted molar refractivity (Wildman–Crippen MR) is 80.8 cm³/mol. The van der Waals surface area contributed by atoms with Crippen molar-refractivity contribution in [3.63, 3.8) is 0 Å². The average molecular weight is 262 g/mol. The molecule has 0 aromatic carbocycles. The first kappa shape index (κ1) is 14.1. The van der Waals surface area contributed by atoms with Crippen molar-refractivity contribution in [1.82, 2.24) is 9.97 Å². The van der Waals surface area contributed by atoms with Gasteiger partial charge in [0.2, 0.25) is 0 Å². The molecule has 1 aromatic heterocycles. The van der Waals surface area contributed by atoms with Crippen molar-refractivity contribution >= 4 is 11.6 Å². The van der Waals surface area contributed by atoms with Gasteiger partial charge in [-0.2, -0.15) is 0 Å². The first-order valence-electron chi connectivity index (χ1n) is 7.60. The Kier molecular flexibility index (Phi) is 5.00. The summed E-state index contributed by atoms with van der Waals surface area (Å²) in [5, 5.41) is 3.20. The largest absolute Gasteiger partial charge is 0.373 e. The molecule has 106 valence electrons. The molecule has 0 amide bonds. The molecular formula is C15H26N4. The van der Waals surface area contributed by atoms with Crippen LogP contribution in [-0.2, 0) is 6.42 Å². The molecule has 1 fully saturated rings. The topological polar surface area (TPSA) is 41.1 Å². The summed E-state index contributed by atoms with van der Waals surface area (Å²) in [7, 11) is 1.94. The summed E-state index contributed by atoms with van der Waals surface area (Å²) in [6.07, 6.45) is 9.11. The van der Waals surface area contributed by atoms with E-state index in [0.717, 1.165) is 24.6 Å². The number of anilines is 2. The van der Waals surface area contributed by atoms with Crippen LogP contribution in [0.2, 0.25) is 0 Å². The Morgan fingerprint density at radius 2 is 2.16 bits per heavy atom. The summed E-state index contributed by atoms with van der Waals surface area (Å²) in [4.78, 5) is 11.5. The third-order valence-corrected chi connectivity index (χ3v) is 4.03. The molecule has 0 radical (unpaired) electrons. The molecule has 2 heterocycles. The first-order valence-corrected chi connectivity index (χ1v) is 7.60. The highest BCUT2D eigenvalue weighted by Gasteiger charge is 2.25. The van der Waals surface area contributed by atoms with Crippen molar-refractivity contribution in [2.75, 3.05) is 23.8 Å². The number of nitrogens with one attached hydrogen (secondary N) is 1. The zero-order chi connectivity index (χ0) is 13.7. The molecule has 19 heavy (non-hydrogen) atoms. The second kappa shape index (κ2) is 6.73. The fourth-order valence-electron chi connectivity index (χ4n) is 3.10. The van der Waals surface area contributed by atoms with Gasteiger partial charge in [-0.15, -0.1) is 0 Å². The third-order valence-electron chi connectivity index (χ3n) is 4.03. The number of nitrogens with zero attached hydrogens (tertiary/aromatic N) is 3. The normalized spacial score (nSPS) is 19.5. The van der Waals surface area contributed by atoms with Crippen molar-refractivity contribution in [2.24, 2.45) is 0 Å². The highest BCUT2D eigenvalue weighted by atomic mass is 15.2. The van der Waals surface area contributed by atoms with Crippen LogP contribution in [0.3, 0.4) is 0 Å². The highest BCUT2D eigenvalue weighted by Crippen LogP contribution is 2.30. The fourth-order valence-corrected chi connectivity index (χ4v) is 3.10. The van der Waals surface area contributed by atoms with Gasteiger partial charge in [0.15, 0.2) is 0 Å². The molecule has 1 saturated heterocycles. The van der Waals surface area contributed by atoms with Crippen LogP contribution < -0.4 is 10.2 Å². The Morgan fingerprint density at radius 3 is 2.84 bits per heavy atom. The Morgan fingerprint density at radius 1 is 1.32 bits per heavy atom. The van der Waals surface area contributed by atoms with Gasteiger partial charge in [0.05, 0.1) is 0 Å². The summed E-state index contributed by atoms with van der Waals surface area (Å²) in [5.41, 5.74) is 1.26. The van der Waals surface area contributed by atoms with Gasteiger partial charge in [-0.3, -0.25) is 0 Å². The molecular weight excluding hydrogens is 236 g/mol. The van der Waals surface area contributed by atoms with E-state index in [9.17, 15) is 0 Å². The van der Waals surface area contributed by atoms with Crippen LogP contribution in [-0.4, -0.2) is 29.6 Å². The maximum Gasteiger partial charge on any atom is 0.137 e. The molecule has 1 aliphatic heterocycles. The van der Waals surface area contributed by atoms with Crippen LogP contribution in [0.25, 0.3) is 0 Å². The van der Waals surface area contributed by atoms with E-state index in [2.05, 4.69) is 34.0 Å². The van der Waals surface area contributed by atoms with Gasteiger partial charge in [-0.05, 0) is 32.1 Å². The highest BCUT2D eigenvalue weighted by molar-refractivity contribution is 5.59. The monoisotopic (exact) mass is 262 g/mol. The smallest absolute Gasteiger partial charge is 0.137 e. The molecule has 1 aliphatic rings. The number of hydrogen-bond acceptors (Lipinski definition) is 4. The fraction of sp³-hybridized carbons (Fsp3) is 0.733. The first-order chi connectivity index (χ1) is 9.31. The quantitative estimate of drug-likeness (QED) is 0.884. The Hall–Kier alpha value is -1.32. The molecule has 1 aromatic rings. The lowest BCUT2D eigenvalue weighted by atomic mass is 9.97. The van der Waals surface area contributed by atoms with E-state index >= 15 is 0 Å². The molecule has 4 heteroatoms. The Bertz CT molecular complexity index is 403. The van der Waals surface area contributed by atoms with E-state index in [1.807, 2.05) is 7.05 Å². The standard InChI is InChI=1S/C15H26N4/c1-4-8-12-9-6-7-10-19(12)15-13(5-2)14(16-3)17-11-18-15/h11-12H,4-10H2,1-3H3,(H,16,17,18). The summed E-state index contributed by atoms with van der Waals surface area (Å²) >= 11 is 0. The van der Waals surface area contributed by atoms with Gasteiger partial charge in [-0.1, -0.05) is 20.3 Å². The minimum absolute atomic E-state index is 0.656. The number of piperidine rings is 1. The second-order valence-corrected chi connectivity index (χ2v) is 5.26. The summed E-state index contributed by atoms with van der Waals surface area (Å²) < 4.78 is 0. The second-order valence-electron chi connectivity index (χ2n) is 5.26. The number of rotatable bonds is 5. The predicted octanol–water partition coefficient (Wildman–Crippen LogP) is 3.24. The van der Waals surface area contributed by atoms with Gasteiger partial charge in [-0.25, -0.2) is 9.97 Å². The van der Waals surface area contributed by atoms with Crippen molar-refractivity contribution < 1.29 is 0 Å².